The van der Waals surface area contributed by atoms with Crippen LogP contribution in [0.5, 0.6) is 0 Å². The third-order valence-electron chi connectivity index (χ3n) is 12.3. The van der Waals surface area contributed by atoms with Crippen LogP contribution in [0.4, 0.5) is 0 Å². The molecule has 1 heterocycles. The molecule has 2 unspecified atom stereocenters. The lowest BCUT2D eigenvalue weighted by atomic mass is 9.92. The van der Waals surface area contributed by atoms with E-state index in [9.17, 15) is 0 Å². The summed E-state index contributed by atoms with van der Waals surface area (Å²) in [4.78, 5) is 5.07. The molecule has 0 saturated carbocycles. The van der Waals surface area contributed by atoms with Crippen LogP contribution in [-0.4, -0.2) is 9.55 Å². The van der Waals surface area contributed by atoms with Gasteiger partial charge in [-0.1, -0.05) is 265 Å². The van der Waals surface area contributed by atoms with Crippen LogP contribution < -0.4 is 0 Å². The largest absolute Gasteiger partial charge is 0.332 e. The fourth-order valence-corrected chi connectivity index (χ4v) is 8.65. The highest BCUT2D eigenvalue weighted by atomic mass is 15.1. The maximum atomic E-state index is 5.07. The van der Waals surface area contributed by atoms with Crippen LogP contribution in [0.1, 0.15) is 309 Å². The molecule has 0 fully saturated rings. The number of unbranched alkanes of at least 4 members (excludes halogenated alkanes) is 35. The van der Waals surface area contributed by atoms with E-state index in [0.29, 0.717) is 12.0 Å². The highest BCUT2D eigenvalue weighted by Gasteiger charge is 2.19. The minimum atomic E-state index is 0.585. The summed E-state index contributed by atoms with van der Waals surface area (Å²) in [6.07, 6.45) is 63.1. The first kappa shape index (κ1) is 49.2. The Kier molecular flexibility index (Phi) is 37.8. The van der Waals surface area contributed by atoms with E-state index in [2.05, 4.69) is 44.7 Å². The molecule has 0 aliphatic carbocycles. The van der Waals surface area contributed by atoms with E-state index in [0.717, 1.165) is 0 Å². The van der Waals surface area contributed by atoms with E-state index in [1.807, 2.05) is 0 Å². The minimum absolute atomic E-state index is 0.585. The van der Waals surface area contributed by atoms with Crippen molar-refractivity contribution >= 4 is 0 Å². The Morgan fingerprint density at radius 3 is 0.904 bits per heavy atom. The summed E-state index contributed by atoms with van der Waals surface area (Å²) in [5, 5.41) is 0. The van der Waals surface area contributed by atoms with Crippen molar-refractivity contribution in [1.82, 2.24) is 9.55 Å². The summed E-state index contributed by atoms with van der Waals surface area (Å²) in [7, 11) is 0. The molecular formula is C50H98N2. The van der Waals surface area contributed by atoms with Crippen molar-refractivity contribution in [3.63, 3.8) is 0 Å². The molecule has 0 aliphatic heterocycles. The van der Waals surface area contributed by atoms with Crippen LogP contribution in [0.25, 0.3) is 0 Å². The lowest BCUT2D eigenvalue weighted by molar-refractivity contribution is 0.412. The maximum Gasteiger partial charge on any atom is 0.111 e. The monoisotopic (exact) mass is 727 g/mol. The SMILES string of the molecule is CCCCCCCCCCCCCCCCCC(CCCCCCCCCCCCC)c1nccn1C(C)CCCCCCCCCCCCCC. The molecule has 308 valence electrons. The molecule has 0 bridgehead atoms. The van der Waals surface area contributed by atoms with E-state index < -0.39 is 0 Å². The lowest BCUT2D eigenvalue weighted by Crippen LogP contribution is -2.13. The van der Waals surface area contributed by atoms with Crippen LogP contribution >= 0.6 is 0 Å². The molecule has 0 amide bonds. The van der Waals surface area contributed by atoms with Crippen molar-refractivity contribution in [3.05, 3.63) is 18.2 Å². The fourth-order valence-electron chi connectivity index (χ4n) is 8.65. The molecule has 0 radical (unpaired) electrons. The first-order valence-electron chi connectivity index (χ1n) is 24.8. The van der Waals surface area contributed by atoms with E-state index in [-0.39, 0.29) is 0 Å². The van der Waals surface area contributed by atoms with Crippen LogP contribution in [0.3, 0.4) is 0 Å². The van der Waals surface area contributed by atoms with Gasteiger partial charge >= 0.3 is 0 Å². The Morgan fingerprint density at radius 1 is 0.365 bits per heavy atom. The lowest BCUT2D eigenvalue weighted by Gasteiger charge is -2.22. The van der Waals surface area contributed by atoms with Gasteiger partial charge in [0.05, 0.1) is 0 Å². The van der Waals surface area contributed by atoms with Crippen LogP contribution in [-0.2, 0) is 0 Å². The molecule has 1 rings (SSSR count). The van der Waals surface area contributed by atoms with Gasteiger partial charge in [-0.25, -0.2) is 4.98 Å². The van der Waals surface area contributed by atoms with Gasteiger partial charge in [-0.05, 0) is 26.2 Å². The Morgan fingerprint density at radius 2 is 0.615 bits per heavy atom. The van der Waals surface area contributed by atoms with Crippen LogP contribution in [0, 0.1) is 0 Å². The molecule has 0 spiro atoms. The normalized spacial score (nSPS) is 12.9. The number of hydrogen-bond acceptors (Lipinski definition) is 1. The number of imidazole rings is 1. The summed E-state index contributed by atoms with van der Waals surface area (Å²) in [5.41, 5.74) is 0. The van der Waals surface area contributed by atoms with Gasteiger partial charge in [-0.15, -0.1) is 0 Å². The zero-order chi connectivity index (χ0) is 37.4. The third-order valence-corrected chi connectivity index (χ3v) is 12.3. The van der Waals surface area contributed by atoms with Crippen molar-refractivity contribution in [2.75, 3.05) is 0 Å². The summed E-state index contributed by atoms with van der Waals surface area (Å²) >= 11 is 0. The molecule has 1 aromatic heterocycles. The van der Waals surface area contributed by atoms with Gasteiger partial charge in [0.25, 0.3) is 0 Å². The van der Waals surface area contributed by atoms with E-state index in [1.54, 1.807) is 0 Å². The predicted molar refractivity (Wildman–Crippen MR) is 236 cm³/mol. The molecule has 2 atom stereocenters. The second-order valence-corrected chi connectivity index (χ2v) is 17.5. The van der Waals surface area contributed by atoms with Gasteiger partial charge < -0.3 is 4.57 Å². The second kappa shape index (κ2) is 39.9. The van der Waals surface area contributed by atoms with Gasteiger partial charge in [0.1, 0.15) is 5.82 Å². The van der Waals surface area contributed by atoms with Gasteiger partial charge in [-0.3, -0.25) is 0 Å². The van der Waals surface area contributed by atoms with Crippen molar-refractivity contribution in [1.29, 1.82) is 0 Å². The highest BCUT2D eigenvalue weighted by Crippen LogP contribution is 2.31. The van der Waals surface area contributed by atoms with Gasteiger partial charge in [-0.2, -0.15) is 0 Å². The number of rotatable bonds is 43. The Hall–Kier alpha value is -0.790. The smallest absolute Gasteiger partial charge is 0.111 e. The quantitative estimate of drug-likeness (QED) is 0.0613. The third kappa shape index (κ3) is 30.5. The van der Waals surface area contributed by atoms with Crippen molar-refractivity contribution in [2.45, 2.75) is 303 Å². The summed E-state index contributed by atoms with van der Waals surface area (Å²) < 4.78 is 2.60. The van der Waals surface area contributed by atoms with Crippen molar-refractivity contribution < 1.29 is 0 Å². The topological polar surface area (TPSA) is 17.8 Å². The van der Waals surface area contributed by atoms with Gasteiger partial charge in [0, 0.05) is 24.4 Å². The van der Waals surface area contributed by atoms with Gasteiger partial charge in [0.2, 0.25) is 0 Å². The van der Waals surface area contributed by atoms with Crippen molar-refractivity contribution in [2.24, 2.45) is 0 Å². The highest BCUT2D eigenvalue weighted by molar-refractivity contribution is 5.02. The molecule has 0 aromatic carbocycles. The molecule has 2 heteroatoms. The van der Waals surface area contributed by atoms with E-state index >= 15 is 0 Å². The average Bonchev–Trinajstić information content (AvgIpc) is 3.65. The minimum Gasteiger partial charge on any atom is -0.332 e. The van der Waals surface area contributed by atoms with Crippen LogP contribution in [0.2, 0.25) is 0 Å². The first-order chi connectivity index (χ1) is 25.7. The summed E-state index contributed by atoms with van der Waals surface area (Å²) in [6, 6.07) is 0.585. The Balaban J connectivity index is 2.36. The molecule has 1 aromatic rings. The first-order valence-corrected chi connectivity index (χ1v) is 24.8. The van der Waals surface area contributed by atoms with E-state index in [1.165, 1.54) is 269 Å². The zero-order valence-corrected chi connectivity index (χ0v) is 36.7. The number of nitrogens with zero attached hydrogens (tertiary/aromatic N) is 2. The van der Waals surface area contributed by atoms with Crippen molar-refractivity contribution in [3.8, 4) is 0 Å². The number of aromatic nitrogens is 2. The predicted octanol–water partition coefficient (Wildman–Crippen LogP) is 18.6. The zero-order valence-electron chi connectivity index (χ0n) is 36.7. The summed E-state index contributed by atoms with van der Waals surface area (Å²) in [6.45, 7) is 9.42. The molecule has 52 heavy (non-hydrogen) atoms. The second-order valence-electron chi connectivity index (χ2n) is 17.5. The standard InChI is InChI=1S/C50H98N2/c1-5-8-11-14-17-20-23-25-26-27-30-33-36-39-42-45-49(44-41-38-35-32-28-22-19-16-13-10-7-3)50-51-46-47-52(50)48(4)43-40-37-34-31-29-24-21-18-15-12-9-6-2/h46-49H,5-45H2,1-4H3. The molecule has 0 saturated heterocycles. The molecule has 0 N–H and O–H groups in total. The fraction of sp³-hybridized carbons (Fsp3) is 0.940. The Labute approximate surface area is 329 Å². The molecular weight excluding hydrogens is 629 g/mol. The Bertz CT molecular complexity index is 798. The maximum absolute atomic E-state index is 5.07. The van der Waals surface area contributed by atoms with Gasteiger partial charge in [0.15, 0.2) is 0 Å². The van der Waals surface area contributed by atoms with E-state index in [4.69, 9.17) is 4.98 Å². The van der Waals surface area contributed by atoms with Crippen LogP contribution in [0.15, 0.2) is 12.4 Å². The molecule has 0 aliphatic rings. The average molecular weight is 727 g/mol. The molecule has 2 nitrogen and oxygen atoms in total. The summed E-state index contributed by atoms with van der Waals surface area (Å²) in [5.74, 6) is 2.07. The number of hydrogen-bond donors (Lipinski definition) is 0.